The maximum Gasteiger partial charge on any atom is 2.00 e. The van der Waals surface area contributed by atoms with Crippen LogP contribution in [-0.2, 0) is 0 Å². The zero-order chi connectivity index (χ0) is 0. The Morgan fingerprint density at radius 2 is 1.20 bits per heavy atom. The fourth-order valence-electron chi connectivity index (χ4n) is 0. The van der Waals surface area contributed by atoms with Crippen LogP contribution in [0, 0.1) is 49.4 Å². The van der Waals surface area contributed by atoms with E-state index in [0.717, 1.165) is 0 Å². The molecule has 5 heavy (non-hydrogen) atoms. The van der Waals surface area contributed by atoms with Gasteiger partial charge in [0.1, 0.15) is 0 Å². The Bertz CT molecular complexity index is 20.5. The molecule has 0 aromatic carbocycles. The van der Waals surface area contributed by atoms with E-state index in [-0.39, 0.29) is 167 Å². The monoisotopic (exact) mass is 340 g/mol. The maximum atomic E-state index is 0. The Labute approximate surface area is 161 Å². The second kappa shape index (κ2) is 23.0. The molecule has 0 amide bonds. The normalized spacial score (nSPS) is 0. The van der Waals surface area contributed by atoms with Crippen LogP contribution in [0.15, 0.2) is 0 Å². The Kier molecular flexibility index (Phi) is 148. The van der Waals surface area contributed by atoms with E-state index in [1.807, 2.05) is 0 Å². The first-order valence-corrected chi connectivity index (χ1v) is 0. The predicted octanol–water partition coefficient (Wildman–Crippen LogP) is -1.07. The van der Waals surface area contributed by atoms with Gasteiger partial charge >= 0.3 is 83.2 Å². The molecule has 0 rings (SSSR count). The van der Waals surface area contributed by atoms with Gasteiger partial charge in [-0.25, -0.2) is 0 Å². The van der Waals surface area contributed by atoms with Crippen LogP contribution in [0.5, 0.6) is 0 Å². The van der Waals surface area contributed by atoms with Gasteiger partial charge in [0.15, 0.2) is 0 Å². The van der Waals surface area contributed by atoms with Gasteiger partial charge in [0, 0.05) is 77.7 Å². The predicted molar refractivity (Wildman–Crippen MR) is 27.5 cm³/mol. The minimum absolute atomic E-state index is 0. The third-order valence-electron chi connectivity index (χ3n) is 0. The first-order valence-electron chi connectivity index (χ1n) is 0. The summed E-state index contributed by atoms with van der Waals surface area (Å²) in [5.41, 5.74) is 0. The van der Waals surface area contributed by atoms with Crippen LogP contribution in [0.3, 0.4) is 0 Å². The average molecular weight is 339 g/mol. The van der Waals surface area contributed by atoms with E-state index in [9.17, 15) is 0 Å². The van der Waals surface area contributed by atoms with E-state index in [4.69, 9.17) is 0 Å². The van der Waals surface area contributed by atoms with Crippen LogP contribution in [0.2, 0.25) is 0 Å². The van der Waals surface area contributed by atoms with Crippen LogP contribution >= 0.6 is 0 Å². The van der Waals surface area contributed by atoms with E-state index < -0.39 is 0 Å². The summed E-state index contributed by atoms with van der Waals surface area (Å²) < 4.78 is 0. The molecule has 5 heteroatoms. The molecule has 0 bridgehead atoms. The smallest absolute Gasteiger partial charge is 1.00 e. The van der Waals surface area contributed by atoms with Gasteiger partial charge in [0.2, 0.25) is 0 Å². The Morgan fingerprint density at radius 1 is 1.20 bits per heavy atom. The summed E-state index contributed by atoms with van der Waals surface area (Å²) in [5.74, 6) is 0. The summed E-state index contributed by atoms with van der Waals surface area (Å²) in [6.45, 7) is 0. The molecule has 0 aliphatic rings. The average Bonchev–Trinajstić information content (AvgIpc) is 0. The molecular weight excluding hydrogens is 335 g/mol. The van der Waals surface area contributed by atoms with Gasteiger partial charge < -0.3 is 5.71 Å². The maximum absolute atomic E-state index is 0. The van der Waals surface area contributed by atoms with Gasteiger partial charge in [-0.2, -0.15) is 0 Å². The topological polar surface area (TPSA) is 0 Å². The van der Waals surface area contributed by atoms with Crippen molar-refractivity contribution in [1.29, 1.82) is 0 Å². The molecule has 22 valence electrons. The molecule has 0 saturated heterocycles. The number of rotatable bonds is 0. The molecule has 0 atom stereocenters. The second-order valence-corrected chi connectivity index (χ2v) is 0. The van der Waals surface area contributed by atoms with Crippen molar-refractivity contribution in [2.75, 3.05) is 0 Å². The van der Waals surface area contributed by atoms with E-state index in [2.05, 4.69) is 0 Å². The van der Waals surface area contributed by atoms with Crippen molar-refractivity contribution in [1.82, 2.24) is 0 Å². The molecule has 0 aromatic heterocycles. The van der Waals surface area contributed by atoms with Crippen LogP contribution in [0.25, 0.3) is 0 Å². The van der Waals surface area contributed by atoms with E-state index in [0.29, 0.717) is 0 Å². The van der Waals surface area contributed by atoms with Gasteiger partial charge in [0.05, 0.1) is 0 Å². The second-order valence-electron chi connectivity index (χ2n) is 0. The van der Waals surface area contributed by atoms with Crippen molar-refractivity contribution in [3.05, 3.63) is 0 Å². The molecule has 0 saturated carbocycles. The third kappa shape index (κ3) is 17.6. The number of hydrogen-bond donors (Lipinski definition) is 0. The fraction of sp³-hybridized carbons (Fsp3) is 0. The summed E-state index contributed by atoms with van der Waals surface area (Å²) in [7, 11) is 0. The minimum atomic E-state index is 0. The molecule has 0 N–H and O–H groups in total. The first-order chi connectivity index (χ1) is 0. The Hall–Kier alpha value is 5.07. The largest absolute Gasteiger partial charge is 2.00 e. The molecule has 0 unspecified atom stereocenters. The van der Waals surface area contributed by atoms with Crippen LogP contribution in [0.4, 0.5) is 0 Å². The van der Waals surface area contributed by atoms with E-state index >= 15 is 0 Å². The van der Waals surface area contributed by atoms with Crippen LogP contribution in [-0.4, -0.2) is 112 Å². The van der Waals surface area contributed by atoms with E-state index in [1.54, 1.807) is 0 Å². The van der Waals surface area contributed by atoms with Gasteiger partial charge in [-0.1, -0.05) is 0 Å². The molecule has 0 heterocycles. The van der Waals surface area contributed by atoms with Crippen molar-refractivity contribution in [2.45, 2.75) is 0 Å². The molecule has 0 nitrogen and oxygen atoms in total. The fourth-order valence-corrected chi connectivity index (χ4v) is 0. The molecule has 0 spiro atoms. The summed E-state index contributed by atoms with van der Waals surface area (Å²) in [4.78, 5) is 0. The zero-order valence-corrected chi connectivity index (χ0v) is 13.1. The van der Waals surface area contributed by atoms with Crippen LogP contribution < -0.4 is 0 Å². The quantitative estimate of drug-likeness (QED) is 0.493. The van der Waals surface area contributed by atoms with Crippen molar-refractivity contribution >= 4 is 112 Å². The van der Waals surface area contributed by atoms with Gasteiger partial charge in [-0.15, -0.1) is 0 Å². The van der Waals surface area contributed by atoms with E-state index in [1.165, 1.54) is 0 Å². The van der Waals surface area contributed by atoms with Crippen LogP contribution in [0.1, 0.15) is 5.71 Å². The summed E-state index contributed by atoms with van der Waals surface area (Å²) >= 11 is 0. The summed E-state index contributed by atoms with van der Waals surface area (Å²) in [5, 5.41) is 0. The standard InChI is InChI=1S/Al.Ca.Eu.Si.Sr.4H/q;+2;;;+2;4*-1. The van der Waals surface area contributed by atoms with Crippen molar-refractivity contribution in [2.24, 2.45) is 0 Å². The van der Waals surface area contributed by atoms with Gasteiger partial charge in [-0.3, -0.25) is 0 Å². The van der Waals surface area contributed by atoms with Crippen molar-refractivity contribution < 1.29 is 55.1 Å². The first kappa shape index (κ1) is 32.2. The Balaban J connectivity index is 0. The SMILES string of the molecule is [Al].[Ca+2].[Eu].[H-].[H-].[H-].[H-].[Si].[Sr+2]. The van der Waals surface area contributed by atoms with Crippen molar-refractivity contribution in [3.8, 4) is 0 Å². The molecule has 0 aliphatic heterocycles. The van der Waals surface area contributed by atoms with Gasteiger partial charge in [0.25, 0.3) is 0 Å². The summed E-state index contributed by atoms with van der Waals surface area (Å²) in [6.07, 6.45) is 0. The minimum Gasteiger partial charge on any atom is -1.00 e. The zero-order valence-electron chi connectivity index (χ0n) is 6.87. The van der Waals surface area contributed by atoms with Gasteiger partial charge in [-0.05, 0) is 0 Å². The van der Waals surface area contributed by atoms with Crippen molar-refractivity contribution in [3.63, 3.8) is 0 Å². The molecule has 0 aliphatic carbocycles. The third-order valence-corrected chi connectivity index (χ3v) is 0. The summed E-state index contributed by atoms with van der Waals surface area (Å²) in [6, 6.07) is 0. The molecular formula is H4AlCaEuSiSr. The molecule has 0 aromatic rings. The molecule has 0 fully saturated rings. The number of hydrogen-bond acceptors (Lipinski definition) is 0. The Morgan fingerprint density at radius 3 is 1.20 bits per heavy atom. The molecule has 8 radical (unpaired) electrons.